The lowest BCUT2D eigenvalue weighted by molar-refractivity contribution is -0.0202. The van der Waals surface area contributed by atoms with Crippen molar-refractivity contribution >= 4 is 0 Å². The van der Waals surface area contributed by atoms with Crippen LogP contribution in [0.25, 0.3) is 0 Å². The van der Waals surface area contributed by atoms with Crippen molar-refractivity contribution in [3.8, 4) is 0 Å². The van der Waals surface area contributed by atoms with Crippen LogP contribution in [0.15, 0.2) is 0 Å². The van der Waals surface area contributed by atoms with Crippen molar-refractivity contribution in [1.82, 2.24) is 9.80 Å². The minimum absolute atomic E-state index is 0.411. The monoisotopic (exact) mass is 214 g/mol. The molecule has 1 aliphatic rings. The van der Waals surface area contributed by atoms with Gasteiger partial charge in [-0.15, -0.1) is 0 Å². The van der Waals surface area contributed by atoms with Crippen molar-refractivity contribution in [3.05, 3.63) is 0 Å². The topological polar surface area (TPSA) is 15.7 Å². The fourth-order valence-corrected chi connectivity index (χ4v) is 2.12. The van der Waals surface area contributed by atoms with Crippen LogP contribution in [0.3, 0.4) is 0 Å². The minimum Gasteiger partial charge on any atom is -0.376 e. The quantitative estimate of drug-likeness (QED) is 0.686. The van der Waals surface area contributed by atoms with E-state index < -0.39 is 0 Å². The molecule has 0 spiro atoms. The van der Waals surface area contributed by atoms with Gasteiger partial charge in [-0.1, -0.05) is 13.8 Å². The first-order valence-electron chi connectivity index (χ1n) is 6.10. The Bertz CT molecular complexity index is 173. The smallest absolute Gasteiger partial charge is 0.0674 e. The molecule has 1 aliphatic heterocycles. The molecule has 0 amide bonds. The first kappa shape index (κ1) is 12.9. The molecule has 3 heteroatoms. The highest BCUT2D eigenvalue weighted by atomic mass is 16.5. The molecule has 0 saturated carbocycles. The number of morpholine rings is 1. The molecule has 1 saturated heterocycles. The number of rotatable bonds is 5. The largest absolute Gasteiger partial charge is 0.376 e. The number of hydrogen-bond acceptors (Lipinski definition) is 3. The highest BCUT2D eigenvalue weighted by Gasteiger charge is 2.16. The summed E-state index contributed by atoms with van der Waals surface area (Å²) in [6.07, 6.45) is 0.411. The Morgan fingerprint density at radius 3 is 2.80 bits per heavy atom. The van der Waals surface area contributed by atoms with Gasteiger partial charge in [-0.3, -0.25) is 4.90 Å². The summed E-state index contributed by atoms with van der Waals surface area (Å²) in [5.41, 5.74) is 0. The standard InChI is InChI=1S/C12H26N2O/c1-11(2)9-13(4)5-6-14-7-8-15-12(3)10-14/h11-12H,5-10H2,1-4H3/t12-/m1/s1. The zero-order valence-corrected chi connectivity index (χ0v) is 10.7. The van der Waals surface area contributed by atoms with E-state index in [1.165, 1.54) is 19.6 Å². The lowest BCUT2D eigenvalue weighted by atomic mass is 10.2. The Labute approximate surface area is 94.4 Å². The number of likely N-dealkylation sites (N-methyl/N-ethyl adjacent to an activating group) is 1. The van der Waals surface area contributed by atoms with Crippen molar-refractivity contribution in [2.75, 3.05) is 46.4 Å². The van der Waals surface area contributed by atoms with Gasteiger partial charge in [0.1, 0.15) is 0 Å². The summed E-state index contributed by atoms with van der Waals surface area (Å²) in [5.74, 6) is 0.763. The van der Waals surface area contributed by atoms with Gasteiger partial charge in [0, 0.05) is 32.7 Å². The number of ether oxygens (including phenoxy) is 1. The van der Waals surface area contributed by atoms with Gasteiger partial charge in [0.25, 0.3) is 0 Å². The van der Waals surface area contributed by atoms with Gasteiger partial charge in [0.15, 0.2) is 0 Å². The lowest BCUT2D eigenvalue weighted by Crippen LogP contribution is -2.44. The molecule has 0 aromatic carbocycles. The second-order valence-corrected chi connectivity index (χ2v) is 5.14. The zero-order chi connectivity index (χ0) is 11.3. The molecule has 0 N–H and O–H groups in total. The van der Waals surface area contributed by atoms with E-state index in [2.05, 4.69) is 37.6 Å². The number of nitrogens with zero attached hydrogens (tertiary/aromatic N) is 2. The summed E-state index contributed by atoms with van der Waals surface area (Å²) < 4.78 is 5.52. The van der Waals surface area contributed by atoms with Crippen LogP contribution < -0.4 is 0 Å². The van der Waals surface area contributed by atoms with E-state index in [0.29, 0.717) is 6.10 Å². The second-order valence-electron chi connectivity index (χ2n) is 5.14. The molecule has 0 aliphatic carbocycles. The van der Waals surface area contributed by atoms with Gasteiger partial charge in [-0.25, -0.2) is 0 Å². The lowest BCUT2D eigenvalue weighted by Gasteiger charge is -2.32. The van der Waals surface area contributed by atoms with Gasteiger partial charge >= 0.3 is 0 Å². The van der Waals surface area contributed by atoms with Crippen molar-refractivity contribution in [2.24, 2.45) is 5.92 Å². The average Bonchev–Trinajstić information content (AvgIpc) is 2.14. The highest BCUT2D eigenvalue weighted by molar-refractivity contribution is 4.69. The van der Waals surface area contributed by atoms with Gasteiger partial charge < -0.3 is 9.64 Å². The maximum atomic E-state index is 5.52. The highest BCUT2D eigenvalue weighted by Crippen LogP contribution is 2.04. The summed E-state index contributed by atoms with van der Waals surface area (Å²) in [4.78, 5) is 4.93. The fourth-order valence-electron chi connectivity index (χ4n) is 2.12. The third-order valence-electron chi connectivity index (χ3n) is 2.80. The molecule has 1 atom stereocenters. The number of hydrogen-bond donors (Lipinski definition) is 0. The molecule has 0 aromatic rings. The molecular weight excluding hydrogens is 188 g/mol. The summed E-state index contributed by atoms with van der Waals surface area (Å²) in [7, 11) is 2.21. The van der Waals surface area contributed by atoms with E-state index in [-0.39, 0.29) is 0 Å². The Hall–Kier alpha value is -0.120. The maximum Gasteiger partial charge on any atom is 0.0674 e. The van der Waals surface area contributed by atoms with Crippen molar-refractivity contribution < 1.29 is 4.74 Å². The van der Waals surface area contributed by atoms with Gasteiger partial charge in [0.2, 0.25) is 0 Å². The second kappa shape index (κ2) is 6.46. The zero-order valence-electron chi connectivity index (χ0n) is 10.7. The van der Waals surface area contributed by atoms with E-state index in [9.17, 15) is 0 Å². The SMILES string of the molecule is CC(C)CN(C)CCN1CCO[C@H](C)C1. The molecule has 3 nitrogen and oxygen atoms in total. The molecule has 90 valence electrons. The maximum absolute atomic E-state index is 5.52. The van der Waals surface area contributed by atoms with E-state index in [0.717, 1.165) is 25.6 Å². The third-order valence-corrected chi connectivity index (χ3v) is 2.80. The van der Waals surface area contributed by atoms with Gasteiger partial charge in [-0.2, -0.15) is 0 Å². The van der Waals surface area contributed by atoms with Crippen LogP contribution in [0.5, 0.6) is 0 Å². The molecule has 1 heterocycles. The average molecular weight is 214 g/mol. The minimum atomic E-state index is 0.411. The predicted molar refractivity (Wildman–Crippen MR) is 64.2 cm³/mol. The first-order valence-corrected chi connectivity index (χ1v) is 6.10. The van der Waals surface area contributed by atoms with Crippen molar-refractivity contribution in [3.63, 3.8) is 0 Å². The van der Waals surface area contributed by atoms with E-state index in [1.54, 1.807) is 0 Å². The molecule has 0 bridgehead atoms. The van der Waals surface area contributed by atoms with E-state index in [4.69, 9.17) is 4.74 Å². The van der Waals surface area contributed by atoms with Crippen LogP contribution >= 0.6 is 0 Å². The molecule has 0 aromatic heterocycles. The Morgan fingerprint density at radius 2 is 2.20 bits per heavy atom. The molecule has 0 unspecified atom stereocenters. The molecule has 1 rings (SSSR count). The predicted octanol–water partition coefficient (Wildman–Crippen LogP) is 1.29. The summed E-state index contributed by atoms with van der Waals surface area (Å²) in [6.45, 7) is 13.3. The third kappa shape index (κ3) is 5.50. The summed E-state index contributed by atoms with van der Waals surface area (Å²) in [5, 5.41) is 0. The van der Waals surface area contributed by atoms with Gasteiger partial charge in [-0.05, 0) is 19.9 Å². The summed E-state index contributed by atoms with van der Waals surface area (Å²) in [6, 6.07) is 0. The van der Waals surface area contributed by atoms with Crippen LogP contribution in [0.1, 0.15) is 20.8 Å². The Balaban J connectivity index is 2.13. The van der Waals surface area contributed by atoms with E-state index >= 15 is 0 Å². The van der Waals surface area contributed by atoms with Crippen LogP contribution in [-0.4, -0.2) is 62.3 Å². The first-order chi connectivity index (χ1) is 7.08. The Kier molecular flexibility index (Phi) is 5.58. The van der Waals surface area contributed by atoms with Crippen LogP contribution in [0, 0.1) is 5.92 Å². The Morgan fingerprint density at radius 1 is 1.47 bits per heavy atom. The van der Waals surface area contributed by atoms with Crippen LogP contribution in [0.4, 0.5) is 0 Å². The summed E-state index contributed by atoms with van der Waals surface area (Å²) >= 11 is 0. The molecule has 15 heavy (non-hydrogen) atoms. The molecule has 1 fully saturated rings. The van der Waals surface area contributed by atoms with Crippen LogP contribution in [0.2, 0.25) is 0 Å². The van der Waals surface area contributed by atoms with Crippen molar-refractivity contribution in [1.29, 1.82) is 0 Å². The normalized spacial score (nSPS) is 24.0. The van der Waals surface area contributed by atoms with E-state index in [1.807, 2.05) is 0 Å². The van der Waals surface area contributed by atoms with Gasteiger partial charge in [0.05, 0.1) is 12.7 Å². The fraction of sp³-hybridized carbons (Fsp3) is 1.00. The molecule has 0 radical (unpaired) electrons. The molecular formula is C12H26N2O. The van der Waals surface area contributed by atoms with Crippen molar-refractivity contribution in [2.45, 2.75) is 26.9 Å². The van der Waals surface area contributed by atoms with Crippen LogP contribution in [-0.2, 0) is 4.74 Å².